The van der Waals surface area contributed by atoms with E-state index in [1.54, 1.807) is 24.3 Å². The number of aromatic carboxylic acids is 1. The zero-order chi connectivity index (χ0) is 22.8. The van der Waals surface area contributed by atoms with Crippen LogP contribution in [0.1, 0.15) is 52.4 Å². The molecule has 166 valence electrons. The maximum atomic E-state index is 12.8. The fourth-order valence-electron chi connectivity index (χ4n) is 3.29. The van der Waals surface area contributed by atoms with E-state index >= 15 is 0 Å². The van der Waals surface area contributed by atoms with Gasteiger partial charge in [0.25, 0.3) is 5.91 Å². The molecule has 0 aliphatic heterocycles. The number of urea groups is 1. The van der Waals surface area contributed by atoms with Crippen LogP contribution in [0.3, 0.4) is 0 Å². The molecule has 8 nitrogen and oxygen atoms in total. The second-order valence-corrected chi connectivity index (χ2v) is 9.27. The summed E-state index contributed by atoms with van der Waals surface area (Å²) in [5, 5.41) is 18.5. The van der Waals surface area contributed by atoms with E-state index in [4.69, 9.17) is 0 Å². The average Bonchev–Trinajstić information content (AvgIpc) is 3.47. The van der Waals surface area contributed by atoms with Gasteiger partial charge in [-0.25, -0.2) is 14.6 Å². The second kappa shape index (κ2) is 8.96. The Morgan fingerprint density at radius 3 is 2.44 bits per heavy atom. The van der Waals surface area contributed by atoms with Crippen LogP contribution in [0, 0.1) is 5.92 Å². The smallest absolute Gasteiger partial charge is 0.348 e. The van der Waals surface area contributed by atoms with E-state index in [1.165, 1.54) is 0 Å². The molecule has 1 fully saturated rings. The Morgan fingerprint density at radius 1 is 1.09 bits per heavy atom. The maximum Gasteiger partial charge on any atom is 0.348 e. The third kappa shape index (κ3) is 5.05. The molecule has 0 spiro atoms. The normalized spacial score (nSPS) is 13.2. The van der Waals surface area contributed by atoms with Crippen molar-refractivity contribution in [1.82, 2.24) is 10.3 Å². The molecule has 0 unspecified atom stereocenters. The third-order valence-corrected chi connectivity index (χ3v) is 6.07. The standard InChI is InChI=1S/C23H24N4O4S/c1-12(2)11-16-9-10-17-18(19(22(29)30)32-21(17)24-16)27-20(28)13-3-5-14(6-4-13)25-23(31)26-15-7-8-15/h3-6,9-10,12,15H,7-8,11H2,1-2H3,(H,27,28)(H,29,30)(H2,25,26,31). The average molecular weight is 453 g/mol. The summed E-state index contributed by atoms with van der Waals surface area (Å²) < 4.78 is 0. The number of nitrogens with zero attached hydrogens (tertiary/aromatic N) is 1. The van der Waals surface area contributed by atoms with Crippen molar-refractivity contribution >= 4 is 50.8 Å². The van der Waals surface area contributed by atoms with Crippen LogP contribution in [-0.2, 0) is 6.42 Å². The minimum Gasteiger partial charge on any atom is -0.477 e. The summed E-state index contributed by atoms with van der Waals surface area (Å²) in [5.41, 5.74) is 2.04. The number of rotatable bonds is 7. The highest BCUT2D eigenvalue weighted by Crippen LogP contribution is 2.35. The third-order valence-electron chi connectivity index (χ3n) is 4.98. The molecule has 1 saturated carbocycles. The van der Waals surface area contributed by atoms with Crippen LogP contribution >= 0.6 is 11.3 Å². The summed E-state index contributed by atoms with van der Waals surface area (Å²) in [5.74, 6) is -1.13. The molecule has 0 saturated heterocycles. The van der Waals surface area contributed by atoms with Gasteiger partial charge in [-0.3, -0.25) is 4.79 Å². The SMILES string of the molecule is CC(C)Cc1ccc2c(NC(=O)c3ccc(NC(=O)NC4CC4)cc3)c(C(=O)O)sc2n1. The molecule has 1 aromatic carbocycles. The van der Waals surface area contributed by atoms with Gasteiger partial charge in [-0.1, -0.05) is 13.8 Å². The van der Waals surface area contributed by atoms with Crippen molar-refractivity contribution in [2.75, 3.05) is 10.6 Å². The number of hydrogen-bond donors (Lipinski definition) is 4. The molecule has 0 bridgehead atoms. The topological polar surface area (TPSA) is 120 Å². The van der Waals surface area contributed by atoms with Crippen LogP contribution in [-0.4, -0.2) is 34.0 Å². The fraction of sp³-hybridized carbons (Fsp3) is 0.304. The van der Waals surface area contributed by atoms with Crippen LogP contribution in [0.2, 0.25) is 0 Å². The zero-order valence-electron chi connectivity index (χ0n) is 17.8. The molecule has 4 N–H and O–H groups in total. The van der Waals surface area contributed by atoms with E-state index in [0.717, 1.165) is 36.3 Å². The molecular weight excluding hydrogens is 428 g/mol. The first-order chi connectivity index (χ1) is 15.3. The van der Waals surface area contributed by atoms with Gasteiger partial charge in [0.05, 0.1) is 5.69 Å². The van der Waals surface area contributed by atoms with Crippen molar-refractivity contribution < 1.29 is 19.5 Å². The first kappa shape index (κ1) is 21.8. The van der Waals surface area contributed by atoms with Gasteiger partial charge in [0.2, 0.25) is 0 Å². The Bertz CT molecular complexity index is 1180. The quantitative estimate of drug-likeness (QED) is 0.413. The molecule has 1 aliphatic carbocycles. The van der Waals surface area contributed by atoms with Gasteiger partial charge in [-0.15, -0.1) is 11.3 Å². The van der Waals surface area contributed by atoms with Crippen LogP contribution in [0.25, 0.3) is 10.2 Å². The first-order valence-electron chi connectivity index (χ1n) is 10.4. The number of aromatic nitrogens is 1. The van der Waals surface area contributed by atoms with E-state index < -0.39 is 11.9 Å². The number of pyridine rings is 1. The Hall–Kier alpha value is -3.46. The number of carboxylic acids is 1. The molecule has 3 amide bonds. The number of thiophene rings is 1. The minimum atomic E-state index is -1.12. The van der Waals surface area contributed by atoms with E-state index in [0.29, 0.717) is 27.4 Å². The molecule has 2 aromatic heterocycles. The molecule has 1 aliphatic rings. The Kier molecular flexibility index (Phi) is 6.09. The number of benzene rings is 1. The van der Waals surface area contributed by atoms with Crippen LogP contribution in [0.4, 0.5) is 16.2 Å². The van der Waals surface area contributed by atoms with Crippen molar-refractivity contribution in [2.24, 2.45) is 5.92 Å². The van der Waals surface area contributed by atoms with Crippen molar-refractivity contribution in [3.05, 3.63) is 52.5 Å². The maximum absolute atomic E-state index is 12.8. The molecule has 0 radical (unpaired) electrons. The number of nitrogens with one attached hydrogen (secondary N) is 3. The summed E-state index contributed by atoms with van der Waals surface area (Å²) in [6, 6.07) is 10.1. The number of fused-ring (bicyclic) bond motifs is 1. The van der Waals surface area contributed by atoms with E-state index in [-0.39, 0.29) is 22.6 Å². The zero-order valence-corrected chi connectivity index (χ0v) is 18.6. The van der Waals surface area contributed by atoms with Gasteiger partial charge in [0.1, 0.15) is 9.71 Å². The lowest BCUT2D eigenvalue weighted by Gasteiger charge is -2.09. The van der Waals surface area contributed by atoms with Gasteiger partial charge in [0, 0.05) is 28.4 Å². The molecule has 9 heteroatoms. The van der Waals surface area contributed by atoms with Gasteiger partial charge in [-0.2, -0.15) is 0 Å². The van der Waals surface area contributed by atoms with Crippen LogP contribution in [0.5, 0.6) is 0 Å². The number of carboxylic acid groups (broad SMARTS) is 1. The largest absolute Gasteiger partial charge is 0.477 e. The summed E-state index contributed by atoms with van der Waals surface area (Å²) in [6.45, 7) is 4.18. The highest BCUT2D eigenvalue weighted by Gasteiger charge is 2.23. The monoisotopic (exact) mass is 452 g/mol. The van der Waals surface area contributed by atoms with Crippen LogP contribution in [0.15, 0.2) is 36.4 Å². The molecule has 32 heavy (non-hydrogen) atoms. The highest BCUT2D eigenvalue weighted by atomic mass is 32.1. The van der Waals surface area contributed by atoms with Crippen LogP contribution < -0.4 is 16.0 Å². The fourth-order valence-corrected chi connectivity index (χ4v) is 4.28. The lowest BCUT2D eigenvalue weighted by atomic mass is 10.1. The Balaban J connectivity index is 1.52. The van der Waals surface area contributed by atoms with Gasteiger partial charge in [0.15, 0.2) is 0 Å². The number of anilines is 2. The second-order valence-electron chi connectivity index (χ2n) is 8.27. The lowest BCUT2D eigenvalue weighted by Crippen LogP contribution is -2.30. The highest BCUT2D eigenvalue weighted by molar-refractivity contribution is 7.21. The van der Waals surface area contributed by atoms with E-state index in [2.05, 4.69) is 34.8 Å². The van der Waals surface area contributed by atoms with Gasteiger partial charge >= 0.3 is 12.0 Å². The van der Waals surface area contributed by atoms with Crippen molar-refractivity contribution in [2.45, 2.75) is 39.2 Å². The Labute approximate surface area is 189 Å². The number of amides is 3. The summed E-state index contributed by atoms with van der Waals surface area (Å²) in [7, 11) is 0. The number of carbonyl (C=O) groups is 3. The van der Waals surface area contributed by atoms with Crippen molar-refractivity contribution in [3.63, 3.8) is 0 Å². The van der Waals surface area contributed by atoms with Gasteiger partial charge < -0.3 is 21.1 Å². The van der Waals surface area contributed by atoms with E-state index in [9.17, 15) is 19.5 Å². The van der Waals surface area contributed by atoms with Gasteiger partial charge in [-0.05, 0) is 61.6 Å². The predicted molar refractivity (Wildman–Crippen MR) is 125 cm³/mol. The first-order valence-corrected chi connectivity index (χ1v) is 11.3. The lowest BCUT2D eigenvalue weighted by molar-refractivity contribution is 0.0703. The molecule has 3 aromatic rings. The summed E-state index contributed by atoms with van der Waals surface area (Å²) in [6.07, 6.45) is 2.78. The minimum absolute atomic E-state index is 0.0394. The van der Waals surface area contributed by atoms with Crippen molar-refractivity contribution in [1.29, 1.82) is 0 Å². The molecule has 0 atom stereocenters. The summed E-state index contributed by atoms with van der Waals surface area (Å²) >= 11 is 1.05. The number of hydrogen-bond acceptors (Lipinski definition) is 5. The molecule has 2 heterocycles. The molecule has 4 rings (SSSR count). The summed E-state index contributed by atoms with van der Waals surface area (Å²) in [4.78, 5) is 41.6. The van der Waals surface area contributed by atoms with E-state index in [1.807, 2.05) is 12.1 Å². The predicted octanol–water partition coefficient (Wildman–Crippen LogP) is 4.73. The molecular formula is C23H24N4O4S. The number of carbonyl (C=O) groups excluding carboxylic acids is 2. The Morgan fingerprint density at radius 2 is 1.81 bits per heavy atom. The van der Waals surface area contributed by atoms with Crippen molar-refractivity contribution in [3.8, 4) is 0 Å².